The quantitative estimate of drug-likeness (QED) is 0.511. The number of carboxylic acids is 1. The van der Waals surface area contributed by atoms with Crippen LogP contribution in [0.4, 0.5) is 0 Å². The summed E-state index contributed by atoms with van der Waals surface area (Å²) in [4.78, 5) is 10.2. The number of unbranched alkanes of at least 4 members (excludes halogenated alkanes) is 1. The summed E-state index contributed by atoms with van der Waals surface area (Å²) >= 11 is 0. The summed E-state index contributed by atoms with van der Waals surface area (Å²) in [6.45, 7) is 1.58. The summed E-state index contributed by atoms with van der Waals surface area (Å²) in [5, 5.41) is 26.3. The van der Waals surface area contributed by atoms with Gasteiger partial charge in [-0.15, -0.1) is 0 Å². The van der Waals surface area contributed by atoms with E-state index in [2.05, 4.69) is 0 Å². The van der Waals surface area contributed by atoms with E-state index in [0.29, 0.717) is 19.3 Å². The molecule has 0 aliphatic rings. The Morgan fingerprint density at radius 3 is 2.42 bits per heavy atom. The topological polar surface area (TPSA) is 77.8 Å². The van der Waals surface area contributed by atoms with Gasteiger partial charge < -0.3 is 15.3 Å². The average molecular weight is 176 g/mol. The molecule has 0 aromatic rings. The number of aliphatic hydroxyl groups is 2. The van der Waals surface area contributed by atoms with E-state index in [1.165, 1.54) is 6.92 Å². The van der Waals surface area contributed by atoms with Crippen LogP contribution in [0.3, 0.4) is 0 Å². The molecule has 4 heteroatoms. The third-order valence-corrected chi connectivity index (χ3v) is 1.66. The molecule has 0 amide bonds. The molecule has 0 spiro atoms. The first-order chi connectivity index (χ1) is 5.48. The maximum Gasteiger partial charge on any atom is 0.306 e. The summed E-state index contributed by atoms with van der Waals surface area (Å²) in [7, 11) is 0. The van der Waals surface area contributed by atoms with Gasteiger partial charge in [0.1, 0.15) is 0 Å². The second-order valence-electron chi connectivity index (χ2n) is 3.25. The van der Waals surface area contributed by atoms with E-state index in [0.717, 1.165) is 0 Å². The number of hydrogen-bond acceptors (Lipinski definition) is 3. The Labute approximate surface area is 71.8 Å². The summed E-state index contributed by atoms with van der Waals surface area (Å²) in [5.74, 6) is -0.996. The standard InChI is InChI=1S/C8H16O4/c1-8(12,6-7(10)11)4-2-3-5-9/h9,12H,2-6H2,1H3,(H,10,11)/t8-/m1/s1. The molecule has 0 saturated heterocycles. The Hall–Kier alpha value is -0.610. The van der Waals surface area contributed by atoms with E-state index in [1.807, 2.05) is 0 Å². The molecule has 0 aliphatic heterocycles. The molecule has 3 N–H and O–H groups in total. The van der Waals surface area contributed by atoms with Crippen LogP contribution in [0.5, 0.6) is 0 Å². The van der Waals surface area contributed by atoms with Gasteiger partial charge in [-0.05, 0) is 26.2 Å². The van der Waals surface area contributed by atoms with Crippen molar-refractivity contribution in [2.45, 2.75) is 38.2 Å². The molecule has 0 rings (SSSR count). The number of rotatable bonds is 6. The van der Waals surface area contributed by atoms with Gasteiger partial charge in [0.25, 0.3) is 0 Å². The lowest BCUT2D eigenvalue weighted by Gasteiger charge is -2.20. The van der Waals surface area contributed by atoms with Crippen LogP contribution in [0.2, 0.25) is 0 Å². The second kappa shape index (κ2) is 5.11. The van der Waals surface area contributed by atoms with Crippen molar-refractivity contribution in [3.63, 3.8) is 0 Å². The molecule has 0 unspecified atom stereocenters. The van der Waals surface area contributed by atoms with E-state index in [9.17, 15) is 9.90 Å². The summed E-state index contributed by atoms with van der Waals surface area (Å²) < 4.78 is 0. The molecule has 0 aromatic carbocycles. The van der Waals surface area contributed by atoms with Crippen molar-refractivity contribution in [2.24, 2.45) is 0 Å². The molecule has 0 radical (unpaired) electrons. The monoisotopic (exact) mass is 176 g/mol. The third kappa shape index (κ3) is 6.12. The van der Waals surface area contributed by atoms with Gasteiger partial charge in [0.05, 0.1) is 12.0 Å². The molecule has 0 saturated carbocycles. The maximum atomic E-state index is 10.2. The van der Waals surface area contributed by atoms with Gasteiger partial charge >= 0.3 is 5.97 Å². The fourth-order valence-corrected chi connectivity index (χ4v) is 1.03. The van der Waals surface area contributed by atoms with Gasteiger partial charge in [0.2, 0.25) is 0 Å². The number of carbonyl (C=O) groups is 1. The number of carboxylic acid groups (broad SMARTS) is 1. The predicted octanol–water partition coefficient (Wildman–Crippen LogP) is 0.375. The molecular formula is C8H16O4. The van der Waals surface area contributed by atoms with Gasteiger partial charge in [-0.25, -0.2) is 0 Å². The van der Waals surface area contributed by atoms with Gasteiger partial charge in [-0.3, -0.25) is 4.79 Å². The van der Waals surface area contributed by atoms with E-state index >= 15 is 0 Å². The number of aliphatic hydroxyl groups excluding tert-OH is 1. The molecule has 1 atom stereocenters. The van der Waals surface area contributed by atoms with E-state index in [-0.39, 0.29) is 13.0 Å². The fraction of sp³-hybridized carbons (Fsp3) is 0.875. The van der Waals surface area contributed by atoms with Crippen LogP contribution in [0.1, 0.15) is 32.6 Å². The van der Waals surface area contributed by atoms with Crippen LogP contribution >= 0.6 is 0 Å². The Kier molecular flexibility index (Phi) is 4.85. The second-order valence-corrected chi connectivity index (χ2v) is 3.25. The largest absolute Gasteiger partial charge is 0.481 e. The zero-order valence-corrected chi connectivity index (χ0v) is 7.29. The van der Waals surface area contributed by atoms with Crippen molar-refractivity contribution in [2.75, 3.05) is 6.61 Å². The highest BCUT2D eigenvalue weighted by atomic mass is 16.4. The predicted molar refractivity (Wildman–Crippen MR) is 43.8 cm³/mol. The molecule has 0 bridgehead atoms. The highest BCUT2D eigenvalue weighted by Gasteiger charge is 2.22. The molecule has 0 aromatic heterocycles. The van der Waals surface area contributed by atoms with Crippen molar-refractivity contribution >= 4 is 5.97 Å². The highest BCUT2D eigenvalue weighted by molar-refractivity contribution is 5.67. The minimum Gasteiger partial charge on any atom is -0.481 e. The van der Waals surface area contributed by atoms with Crippen LogP contribution in [-0.4, -0.2) is 33.5 Å². The van der Waals surface area contributed by atoms with E-state index < -0.39 is 11.6 Å². The van der Waals surface area contributed by atoms with Crippen molar-refractivity contribution in [3.8, 4) is 0 Å². The van der Waals surface area contributed by atoms with Gasteiger partial charge in [-0.2, -0.15) is 0 Å². The SMILES string of the molecule is C[C@@](O)(CCCCO)CC(=O)O. The van der Waals surface area contributed by atoms with Crippen molar-refractivity contribution in [3.05, 3.63) is 0 Å². The van der Waals surface area contributed by atoms with Gasteiger partial charge in [0.15, 0.2) is 0 Å². The molecular weight excluding hydrogens is 160 g/mol. The fourth-order valence-electron chi connectivity index (χ4n) is 1.03. The molecule has 0 aliphatic carbocycles. The highest BCUT2D eigenvalue weighted by Crippen LogP contribution is 2.17. The summed E-state index contributed by atoms with van der Waals surface area (Å²) in [6, 6.07) is 0. The van der Waals surface area contributed by atoms with Gasteiger partial charge in [-0.1, -0.05) is 0 Å². The van der Waals surface area contributed by atoms with Crippen molar-refractivity contribution < 1.29 is 20.1 Å². The third-order valence-electron chi connectivity index (χ3n) is 1.66. The lowest BCUT2D eigenvalue weighted by atomic mass is 9.95. The first kappa shape index (κ1) is 11.4. The molecule has 12 heavy (non-hydrogen) atoms. The van der Waals surface area contributed by atoms with Crippen molar-refractivity contribution in [1.29, 1.82) is 0 Å². The van der Waals surface area contributed by atoms with Crippen LogP contribution in [0.25, 0.3) is 0 Å². The Morgan fingerprint density at radius 1 is 1.42 bits per heavy atom. The first-order valence-corrected chi connectivity index (χ1v) is 4.03. The molecule has 0 fully saturated rings. The maximum absolute atomic E-state index is 10.2. The molecule has 0 heterocycles. The minimum absolute atomic E-state index is 0.0865. The van der Waals surface area contributed by atoms with E-state index in [4.69, 9.17) is 10.2 Å². The lowest BCUT2D eigenvalue weighted by molar-refractivity contribution is -0.142. The number of aliphatic carboxylic acids is 1. The van der Waals surface area contributed by atoms with Crippen LogP contribution in [-0.2, 0) is 4.79 Å². The first-order valence-electron chi connectivity index (χ1n) is 4.03. The Morgan fingerprint density at radius 2 is 2.00 bits per heavy atom. The van der Waals surface area contributed by atoms with Crippen LogP contribution in [0, 0.1) is 0 Å². The lowest BCUT2D eigenvalue weighted by Crippen LogP contribution is -2.27. The normalized spacial score (nSPS) is 15.6. The van der Waals surface area contributed by atoms with E-state index in [1.54, 1.807) is 0 Å². The smallest absolute Gasteiger partial charge is 0.306 e. The Balaban J connectivity index is 3.63. The zero-order valence-electron chi connectivity index (χ0n) is 7.29. The summed E-state index contributed by atoms with van der Waals surface area (Å²) in [6.07, 6.45) is 1.44. The average Bonchev–Trinajstić information content (AvgIpc) is 1.84. The molecule has 4 nitrogen and oxygen atoms in total. The van der Waals surface area contributed by atoms with Crippen LogP contribution in [0.15, 0.2) is 0 Å². The minimum atomic E-state index is -1.14. The van der Waals surface area contributed by atoms with Gasteiger partial charge in [0, 0.05) is 6.61 Å². The number of hydrogen-bond donors (Lipinski definition) is 3. The van der Waals surface area contributed by atoms with Crippen LogP contribution < -0.4 is 0 Å². The van der Waals surface area contributed by atoms with Crippen molar-refractivity contribution in [1.82, 2.24) is 0 Å². The summed E-state index contributed by atoms with van der Waals surface area (Å²) in [5.41, 5.74) is -1.14. The molecule has 72 valence electrons. The zero-order chi connectivity index (χ0) is 9.61. The Bertz CT molecular complexity index is 142.